The average molecular weight is 230 g/mol. The van der Waals surface area contributed by atoms with Crippen LogP contribution in [0, 0.1) is 5.41 Å². The summed E-state index contributed by atoms with van der Waals surface area (Å²) in [7, 11) is 0. The summed E-state index contributed by atoms with van der Waals surface area (Å²) in [5.41, 5.74) is 10.6. The fourth-order valence-electron chi connectivity index (χ4n) is 1.80. The molecule has 0 radical (unpaired) electrons. The molecule has 0 aromatic carbocycles. The van der Waals surface area contributed by atoms with Crippen molar-refractivity contribution in [2.24, 2.45) is 21.9 Å². The summed E-state index contributed by atoms with van der Waals surface area (Å²) in [5, 5.41) is 3.47. The molecule has 5 N–H and O–H groups in total. The molecule has 0 aromatic heterocycles. The van der Waals surface area contributed by atoms with E-state index in [9.17, 15) is 0 Å². The van der Waals surface area contributed by atoms with Gasteiger partial charge < -0.3 is 16.8 Å². The number of hydrogen-bond donors (Lipinski definition) is 3. The third kappa shape index (κ3) is 8.17. The normalized spacial score (nSPS) is 12.1. The highest BCUT2D eigenvalue weighted by molar-refractivity contribution is 7.80. The van der Waals surface area contributed by atoms with E-state index in [-0.39, 0.29) is 16.9 Å². The zero-order valence-electron chi connectivity index (χ0n) is 10.2. The Labute approximate surface area is 97.5 Å². The number of nitrogens with zero attached hydrogens (tertiary/aromatic N) is 1. The smallest absolute Gasteiger partial charge is 0.196 e. The second-order valence-electron chi connectivity index (χ2n) is 5.59. The SMILES string of the molecule is CC(C)(C)CC(C)(C)NC(=S)N=C(N)N. The van der Waals surface area contributed by atoms with E-state index in [0.29, 0.717) is 5.11 Å². The first-order valence-corrected chi connectivity index (χ1v) is 5.34. The van der Waals surface area contributed by atoms with Gasteiger partial charge in [0, 0.05) is 5.54 Å². The number of rotatable bonds is 2. The molecular formula is C10H22N4S. The summed E-state index contributed by atoms with van der Waals surface area (Å²) in [6.07, 6.45) is 0.972. The van der Waals surface area contributed by atoms with E-state index >= 15 is 0 Å². The number of nitrogens with two attached hydrogens (primary N) is 2. The van der Waals surface area contributed by atoms with Gasteiger partial charge in [0.25, 0.3) is 0 Å². The third-order valence-electron chi connectivity index (χ3n) is 1.65. The summed E-state index contributed by atoms with van der Waals surface area (Å²) in [4.78, 5) is 3.79. The van der Waals surface area contributed by atoms with Crippen molar-refractivity contribution in [2.45, 2.75) is 46.6 Å². The molecule has 88 valence electrons. The van der Waals surface area contributed by atoms with Gasteiger partial charge in [-0.3, -0.25) is 0 Å². The highest BCUT2D eigenvalue weighted by Gasteiger charge is 2.25. The fourth-order valence-corrected chi connectivity index (χ4v) is 2.19. The Hall–Kier alpha value is -0.840. The summed E-state index contributed by atoms with van der Waals surface area (Å²) >= 11 is 5.01. The van der Waals surface area contributed by atoms with Crippen molar-refractivity contribution < 1.29 is 0 Å². The fraction of sp³-hybridized carbons (Fsp3) is 0.800. The van der Waals surface area contributed by atoms with E-state index in [0.717, 1.165) is 6.42 Å². The minimum absolute atomic E-state index is 0.0148. The van der Waals surface area contributed by atoms with E-state index in [1.165, 1.54) is 0 Å². The van der Waals surface area contributed by atoms with Gasteiger partial charge in [0.1, 0.15) is 0 Å². The highest BCUT2D eigenvalue weighted by atomic mass is 32.1. The Balaban J connectivity index is 4.39. The van der Waals surface area contributed by atoms with Gasteiger partial charge >= 0.3 is 0 Å². The molecule has 15 heavy (non-hydrogen) atoms. The zero-order chi connectivity index (χ0) is 12.3. The van der Waals surface area contributed by atoms with Crippen molar-refractivity contribution in [1.82, 2.24) is 5.32 Å². The number of hydrogen-bond acceptors (Lipinski definition) is 1. The number of thiocarbonyl (C=S) groups is 1. The summed E-state index contributed by atoms with van der Waals surface area (Å²) in [5.74, 6) is -0.0148. The lowest BCUT2D eigenvalue weighted by molar-refractivity contribution is 0.267. The Kier molecular flexibility index (Phi) is 4.52. The minimum atomic E-state index is -0.117. The molecule has 0 saturated carbocycles. The monoisotopic (exact) mass is 230 g/mol. The van der Waals surface area contributed by atoms with Gasteiger partial charge in [0.2, 0.25) is 0 Å². The molecule has 4 nitrogen and oxygen atoms in total. The molecule has 0 aliphatic heterocycles. The first-order valence-electron chi connectivity index (χ1n) is 4.94. The molecular weight excluding hydrogens is 208 g/mol. The molecule has 0 aliphatic rings. The van der Waals surface area contributed by atoms with E-state index in [1.54, 1.807) is 0 Å². The van der Waals surface area contributed by atoms with Crippen LogP contribution >= 0.6 is 12.2 Å². The van der Waals surface area contributed by atoms with Gasteiger partial charge in [0.15, 0.2) is 11.1 Å². The standard InChI is InChI=1S/C10H22N4S/c1-9(2,3)6-10(4,5)14-8(15)13-7(11)12/h6H2,1-5H3,(H5,11,12,13,14,15). The molecule has 0 bridgehead atoms. The lowest BCUT2D eigenvalue weighted by atomic mass is 9.82. The minimum Gasteiger partial charge on any atom is -0.370 e. The molecule has 0 fully saturated rings. The topological polar surface area (TPSA) is 76.4 Å². The molecule has 0 heterocycles. The molecule has 5 heteroatoms. The maximum atomic E-state index is 5.24. The van der Waals surface area contributed by atoms with E-state index < -0.39 is 0 Å². The van der Waals surface area contributed by atoms with Crippen molar-refractivity contribution in [2.75, 3.05) is 0 Å². The summed E-state index contributed by atoms with van der Waals surface area (Å²) in [6.45, 7) is 10.7. The van der Waals surface area contributed by atoms with Crippen LogP contribution in [0.1, 0.15) is 41.0 Å². The molecule has 0 amide bonds. The van der Waals surface area contributed by atoms with E-state index in [4.69, 9.17) is 23.7 Å². The van der Waals surface area contributed by atoms with Gasteiger partial charge in [-0.05, 0) is 37.9 Å². The van der Waals surface area contributed by atoms with Gasteiger partial charge in [-0.1, -0.05) is 20.8 Å². The molecule has 0 rings (SSSR count). The second kappa shape index (κ2) is 4.79. The van der Waals surface area contributed by atoms with Crippen LogP contribution < -0.4 is 16.8 Å². The highest BCUT2D eigenvalue weighted by Crippen LogP contribution is 2.26. The van der Waals surface area contributed by atoms with Crippen LogP contribution in [0.3, 0.4) is 0 Å². The Morgan fingerprint density at radius 3 is 2.00 bits per heavy atom. The van der Waals surface area contributed by atoms with E-state index in [1.807, 2.05) is 0 Å². The third-order valence-corrected chi connectivity index (χ3v) is 1.84. The largest absolute Gasteiger partial charge is 0.370 e. The molecule has 0 aliphatic carbocycles. The predicted molar refractivity (Wildman–Crippen MR) is 69.7 cm³/mol. The van der Waals surface area contributed by atoms with Crippen molar-refractivity contribution >= 4 is 23.3 Å². The average Bonchev–Trinajstić information content (AvgIpc) is 1.73. The predicted octanol–water partition coefficient (Wildman–Crippen LogP) is 1.35. The first-order chi connectivity index (χ1) is 6.52. The Morgan fingerprint density at radius 2 is 1.67 bits per heavy atom. The van der Waals surface area contributed by atoms with E-state index in [2.05, 4.69) is 44.9 Å². The van der Waals surface area contributed by atoms with Crippen LogP contribution in [-0.2, 0) is 0 Å². The van der Waals surface area contributed by atoms with Gasteiger partial charge in [-0.2, -0.15) is 4.99 Å². The van der Waals surface area contributed by atoms with Crippen molar-refractivity contribution in [1.29, 1.82) is 0 Å². The Bertz CT molecular complexity index is 259. The lowest BCUT2D eigenvalue weighted by Gasteiger charge is -2.33. The van der Waals surface area contributed by atoms with Gasteiger partial charge in [-0.25, -0.2) is 0 Å². The molecule has 0 spiro atoms. The molecule has 0 unspecified atom stereocenters. The molecule has 0 aromatic rings. The quantitative estimate of drug-likeness (QED) is 0.380. The first kappa shape index (κ1) is 14.2. The van der Waals surface area contributed by atoms with Crippen molar-refractivity contribution in [3.05, 3.63) is 0 Å². The van der Waals surface area contributed by atoms with Crippen LogP contribution in [0.15, 0.2) is 4.99 Å². The van der Waals surface area contributed by atoms with Gasteiger partial charge in [-0.15, -0.1) is 0 Å². The number of guanidine groups is 1. The maximum absolute atomic E-state index is 5.24. The van der Waals surface area contributed by atoms with Crippen LogP contribution in [0.2, 0.25) is 0 Å². The second-order valence-corrected chi connectivity index (χ2v) is 5.97. The van der Waals surface area contributed by atoms with Crippen molar-refractivity contribution in [3.63, 3.8) is 0 Å². The Morgan fingerprint density at radius 1 is 1.20 bits per heavy atom. The van der Waals surface area contributed by atoms with Crippen LogP contribution in [0.5, 0.6) is 0 Å². The van der Waals surface area contributed by atoms with Crippen LogP contribution in [0.4, 0.5) is 0 Å². The van der Waals surface area contributed by atoms with Crippen LogP contribution in [-0.4, -0.2) is 16.6 Å². The number of nitrogens with one attached hydrogen (secondary N) is 1. The summed E-state index contributed by atoms with van der Waals surface area (Å²) < 4.78 is 0. The van der Waals surface area contributed by atoms with Crippen LogP contribution in [0.25, 0.3) is 0 Å². The van der Waals surface area contributed by atoms with Crippen molar-refractivity contribution in [3.8, 4) is 0 Å². The number of aliphatic imine (C=N–C) groups is 1. The maximum Gasteiger partial charge on any atom is 0.196 e. The molecule has 0 saturated heterocycles. The zero-order valence-corrected chi connectivity index (χ0v) is 11.0. The summed E-state index contributed by atoms with van der Waals surface area (Å²) in [6, 6.07) is 0. The lowest BCUT2D eigenvalue weighted by Crippen LogP contribution is -2.45. The van der Waals surface area contributed by atoms with Gasteiger partial charge in [0.05, 0.1) is 0 Å². The molecule has 0 atom stereocenters.